The van der Waals surface area contributed by atoms with E-state index in [0.717, 1.165) is 30.9 Å². The largest absolute Gasteiger partial charge is 0.486 e. The Balaban J connectivity index is 2.07. The number of likely N-dealkylation sites (N-methyl/N-ethyl adjacent to an activating group) is 2. The van der Waals surface area contributed by atoms with Crippen molar-refractivity contribution in [3.05, 3.63) is 22.7 Å². The van der Waals surface area contributed by atoms with Crippen molar-refractivity contribution in [3.8, 4) is 11.5 Å². The first-order valence-electron chi connectivity index (χ1n) is 6.12. The topological polar surface area (TPSA) is 33.7 Å². The second kappa shape index (κ2) is 6.27. The van der Waals surface area contributed by atoms with E-state index in [2.05, 4.69) is 17.3 Å². The molecule has 0 saturated carbocycles. The molecule has 1 aliphatic heterocycles. The van der Waals surface area contributed by atoms with Crippen molar-refractivity contribution >= 4 is 11.6 Å². The summed E-state index contributed by atoms with van der Waals surface area (Å²) < 4.78 is 11.1. The molecule has 0 unspecified atom stereocenters. The zero-order valence-electron chi connectivity index (χ0n) is 10.8. The van der Waals surface area contributed by atoms with Gasteiger partial charge in [-0.1, -0.05) is 11.6 Å². The third-order valence-corrected chi connectivity index (χ3v) is 3.13. The van der Waals surface area contributed by atoms with E-state index in [1.165, 1.54) is 0 Å². The standard InChI is InChI=1S/C13H19ClN2O2/c1-15-3-4-16(2)9-10-7-11(14)13-12(8-10)17-5-6-18-13/h7-8,15H,3-6,9H2,1-2H3. The van der Waals surface area contributed by atoms with Gasteiger partial charge in [-0.3, -0.25) is 0 Å². The number of hydrogen-bond acceptors (Lipinski definition) is 4. The monoisotopic (exact) mass is 270 g/mol. The zero-order valence-corrected chi connectivity index (χ0v) is 11.6. The summed E-state index contributed by atoms with van der Waals surface area (Å²) in [5.74, 6) is 1.43. The predicted molar refractivity (Wildman–Crippen MR) is 72.7 cm³/mol. The van der Waals surface area contributed by atoms with Crippen LogP contribution < -0.4 is 14.8 Å². The van der Waals surface area contributed by atoms with Crippen LogP contribution in [-0.4, -0.2) is 45.3 Å². The molecule has 0 aliphatic carbocycles. The number of ether oxygens (including phenoxy) is 2. The molecule has 18 heavy (non-hydrogen) atoms. The smallest absolute Gasteiger partial charge is 0.179 e. The van der Waals surface area contributed by atoms with Gasteiger partial charge in [-0.05, 0) is 31.8 Å². The molecule has 0 bridgehead atoms. The number of hydrogen-bond donors (Lipinski definition) is 1. The molecule has 100 valence electrons. The minimum absolute atomic E-state index is 0.564. The average molecular weight is 271 g/mol. The van der Waals surface area contributed by atoms with Crippen molar-refractivity contribution in [1.82, 2.24) is 10.2 Å². The van der Waals surface area contributed by atoms with Gasteiger partial charge in [0.15, 0.2) is 11.5 Å². The van der Waals surface area contributed by atoms with Crippen molar-refractivity contribution in [1.29, 1.82) is 0 Å². The molecule has 0 amide bonds. The quantitative estimate of drug-likeness (QED) is 0.884. The molecule has 0 aromatic heterocycles. The molecule has 5 heteroatoms. The normalized spacial score (nSPS) is 14.0. The SMILES string of the molecule is CNCCN(C)Cc1cc(Cl)c2c(c1)OCCO2. The van der Waals surface area contributed by atoms with E-state index in [1.807, 2.05) is 19.2 Å². The molecule has 1 aromatic carbocycles. The molecule has 1 aliphatic rings. The van der Waals surface area contributed by atoms with Crippen LogP contribution in [0, 0.1) is 0 Å². The third kappa shape index (κ3) is 3.28. The molecule has 1 N–H and O–H groups in total. The van der Waals surface area contributed by atoms with Crippen molar-refractivity contribution in [2.24, 2.45) is 0 Å². The van der Waals surface area contributed by atoms with Gasteiger partial charge < -0.3 is 19.7 Å². The van der Waals surface area contributed by atoms with E-state index < -0.39 is 0 Å². The van der Waals surface area contributed by atoms with Gasteiger partial charge in [-0.15, -0.1) is 0 Å². The first kappa shape index (κ1) is 13.5. The molecule has 2 rings (SSSR count). The van der Waals surface area contributed by atoms with Crippen LogP contribution in [0.25, 0.3) is 0 Å². The number of fused-ring (bicyclic) bond motifs is 1. The van der Waals surface area contributed by atoms with Gasteiger partial charge in [0.2, 0.25) is 0 Å². The van der Waals surface area contributed by atoms with E-state index >= 15 is 0 Å². The molecule has 0 spiro atoms. The Labute approximate surface area is 113 Å². The lowest BCUT2D eigenvalue weighted by Crippen LogP contribution is -2.27. The van der Waals surface area contributed by atoms with Crippen LogP contribution in [0.4, 0.5) is 0 Å². The maximum absolute atomic E-state index is 6.20. The van der Waals surface area contributed by atoms with Crippen LogP contribution in [-0.2, 0) is 6.54 Å². The fraction of sp³-hybridized carbons (Fsp3) is 0.538. The maximum atomic E-state index is 6.20. The zero-order chi connectivity index (χ0) is 13.0. The number of benzene rings is 1. The third-order valence-electron chi connectivity index (χ3n) is 2.85. The molecule has 1 aromatic rings. The highest BCUT2D eigenvalue weighted by atomic mass is 35.5. The summed E-state index contributed by atoms with van der Waals surface area (Å²) in [4.78, 5) is 2.23. The van der Waals surface area contributed by atoms with Crippen LogP contribution >= 0.6 is 11.6 Å². The highest BCUT2D eigenvalue weighted by Gasteiger charge is 2.16. The first-order chi connectivity index (χ1) is 8.70. The summed E-state index contributed by atoms with van der Waals surface area (Å²) in [6.45, 7) is 3.95. The van der Waals surface area contributed by atoms with E-state index in [9.17, 15) is 0 Å². The van der Waals surface area contributed by atoms with Gasteiger partial charge in [0, 0.05) is 19.6 Å². The van der Waals surface area contributed by atoms with Gasteiger partial charge in [0.1, 0.15) is 13.2 Å². The average Bonchev–Trinajstić information content (AvgIpc) is 2.36. The van der Waals surface area contributed by atoms with Crippen LogP contribution in [0.5, 0.6) is 11.5 Å². The summed E-state index contributed by atoms with van der Waals surface area (Å²) in [6.07, 6.45) is 0. The van der Waals surface area contributed by atoms with E-state index in [-0.39, 0.29) is 0 Å². The van der Waals surface area contributed by atoms with Crippen molar-refractivity contribution in [3.63, 3.8) is 0 Å². The van der Waals surface area contributed by atoms with Crippen molar-refractivity contribution in [2.75, 3.05) is 40.4 Å². The van der Waals surface area contributed by atoms with Crippen molar-refractivity contribution < 1.29 is 9.47 Å². The van der Waals surface area contributed by atoms with Gasteiger partial charge in [-0.25, -0.2) is 0 Å². The molecule has 0 atom stereocenters. The van der Waals surface area contributed by atoms with E-state index in [1.54, 1.807) is 0 Å². The Morgan fingerprint density at radius 2 is 2.11 bits per heavy atom. The maximum Gasteiger partial charge on any atom is 0.179 e. The Kier molecular flexibility index (Phi) is 4.69. The molecule has 4 nitrogen and oxygen atoms in total. The van der Waals surface area contributed by atoms with Crippen LogP contribution in [0.2, 0.25) is 5.02 Å². The Morgan fingerprint density at radius 3 is 2.89 bits per heavy atom. The molecular formula is C13H19ClN2O2. The minimum Gasteiger partial charge on any atom is -0.486 e. The summed E-state index contributed by atoms with van der Waals surface area (Å²) in [7, 11) is 4.04. The number of nitrogens with zero attached hydrogens (tertiary/aromatic N) is 1. The second-order valence-corrected chi connectivity index (χ2v) is 4.85. The highest BCUT2D eigenvalue weighted by Crippen LogP contribution is 2.38. The molecule has 0 saturated heterocycles. The number of halogens is 1. The summed E-state index contributed by atoms with van der Waals surface area (Å²) in [5.41, 5.74) is 1.14. The first-order valence-corrected chi connectivity index (χ1v) is 6.49. The molecule has 0 fully saturated rings. The van der Waals surface area contributed by atoms with Gasteiger partial charge in [0.05, 0.1) is 5.02 Å². The molecular weight excluding hydrogens is 252 g/mol. The number of rotatable bonds is 5. The van der Waals surface area contributed by atoms with E-state index in [0.29, 0.717) is 24.0 Å². The molecule has 1 heterocycles. The van der Waals surface area contributed by atoms with Crippen molar-refractivity contribution in [2.45, 2.75) is 6.54 Å². The fourth-order valence-electron chi connectivity index (χ4n) is 1.95. The summed E-state index contributed by atoms with van der Waals surface area (Å²) in [6, 6.07) is 3.96. The lowest BCUT2D eigenvalue weighted by Gasteiger charge is -2.22. The van der Waals surface area contributed by atoms with Gasteiger partial charge >= 0.3 is 0 Å². The second-order valence-electron chi connectivity index (χ2n) is 4.44. The predicted octanol–water partition coefficient (Wildman–Crippen LogP) is 1.76. The van der Waals surface area contributed by atoms with Crippen LogP contribution in [0.3, 0.4) is 0 Å². The van der Waals surface area contributed by atoms with Crippen LogP contribution in [0.15, 0.2) is 12.1 Å². The highest BCUT2D eigenvalue weighted by molar-refractivity contribution is 6.32. The lowest BCUT2D eigenvalue weighted by molar-refractivity contribution is 0.171. The fourth-order valence-corrected chi connectivity index (χ4v) is 2.24. The van der Waals surface area contributed by atoms with Gasteiger partial charge in [-0.2, -0.15) is 0 Å². The number of nitrogens with one attached hydrogen (secondary N) is 1. The molecule has 0 radical (unpaired) electrons. The summed E-state index contributed by atoms with van der Waals surface area (Å²) >= 11 is 6.20. The lowest BCUT2D eigenvalue weighted by atomic mass is 10.2. The van der Waals surface area contributed by atoms with Gasteiger partial charge in [0.25, 0.3) is 0 Å². The minimum atomic E-state index is 0.564. The Bertz CT molecular complexity index is 412. The summed E-state index contributed by atoms with van der Waals surface area (Å²) in [5, 5.41) is 3.76. The Morgan fingerprint density at radius 1 is 1.33 bits per heavy atom. The Hall–Kier alpha value is -0.970. The van der Waals surface area contributed by atoms with Crippen LogP contribution in [0.1, 0.15) is 5.56 Å². The van der Waals surface area contributed by atoms with E-state index in [4.69, 9.17) is 21.1 Å².